The molecule has 16 heteroatoms. The molecule has 556 valence electrons. The van der Waals surface area contributed by atoms with E-state index < -0.39 is 7.60 Å². The Morgan fingerprint density at radius 2 is 0.708 bits per heavy atom. The van der Waals surface area contributed by atoms with Crippen molar-refractivity contribution >= 4 is 134 Å². The van der Waals surface area contributed by atoms with Crippen LogP contribution in [0.25, 0.3) is 61.5 Å². The number of benzene rings is 14. The molecule has 14 aromatic rings. The molecular formula is C97H80N7O8P. The van der Waals surface area contributed by atoms with Crippen LogP contribution < -0.4 is 28.9 Å². The van der Waals surface area contributed by atoms with E-state index in [0.717, 1.165) is 113 Å². The largest absolute Gasteiger partial charge is 0.497 e. The average molecular weight is 1500 g/mol. The lowest BCUT2D eigenvalue weighted by atomic mass is 10.0. The quantitative estimate of drug-likeness (QED) is 0.0241. The number of nitrogens with zero attached hydrogens (tertiary/aromatic N) is 7. The number of hydrogen-bond acceptors (Lipinski definition) is 14. The van der Waals surface area contributed by atoms with Crippen LogP contribution in [0.5, 0.6) is 17.2 Å². The van der Waals surface area contributed by atoms with Gasteiger partial charge in [-0.15, -0.1) is 0 Å². The molecular weight excluding hydrogens is 1420 g/mol. The summed E-state index contributed by atoms with van der Waals surface area (Å²) < 4.78 is 39.1. The monoisotopic (exact) mass is 1500 g/mol. The van der Waals surface area contributed by atoms with Gasteiger partial charge >= 0.3 is 7.60 Å². The van der Waals surface area contributed by atoms with Crippen LogP contribution in [0.4, 0.5) is 56.9 Å². The summed E-state index contributed by atoms with van der Waals surface area (Å²) in [5.41, 5.74) is 14.9. The Balaban J connectivity index is 0.000000210. The van der Waals surface area contributed by atoms with Crippen LogP contribution in [0.2, 0.25) is 0 Å². The standard InChI is InChI=1S/C58H42N4O2.C24H19NO2.C14H15N2O4P.CH4/c1-60-56-39-45(24-18-41-20-26-48(27-21-41)61(50-30-34-52(63-2)35-31-50)57-16-8-12-43-10-4-6-14-54(43)57)47(40-59)38-46(56)25-19-42-22-28-49(29-23-42)62(51-32-36-53(64-3)37-33-51)58-17-9-13-44-11-5-7-15-55(44)58;1-27-22-15-13-21(14-16-22)25(20-11-9-18(17-26)10-12-20)24-8-4-6-19-5-2-3-7-23(19)24;1-3-19-21(18,20-4-2)10-14-6-11(7-15)13(9-17)5-12(14)8-16;/h4-39H,2-3H3;2-17H,1H3;5-6,9H,3-4,10H2,1-2H3;1H4/b24-18+,25-19+;;;. The molecule has 0 fully saturated rings. The van der Waals surface area contributed by atoms with Crippen molar-refractivity contribution < 1.29 is 37.4 Å². The molecule has 0 aliphatic carbocycles. The molecule has 0 aliphatic heterocycles. The summed E-state index contributed by atoms with van der Waals surface area (Å²) in [5, 5.41) is 35.4. The van der Waals surface area contributed by atoms with Crippen molar-refractivity contribution in [3.8, 4) is 35.5 Å². The third kappa shape index (κ3) is 18.8. The third-order valence-corrected chi connectivity index (χ3v) is 20.6. The molecule has 113 heavy (non-hydrogen) atoms. The summed E-state index contributed by atoms with van der Waals surface area (Å²) in [6, 6.07) is 105. The molecule has 0 atom stereocenters. The molecule has 0 radical (unpaired) electrons. The van der Waals surface area contributed by atoms with Gasteiger partial charge in [0.25, 0.3) is 0 Å². The van der Waals surface area contributed by atoms with E-state index in [1.807, 2.05) is 121 Å². The zero-order chi connectivity index (χ0) is 78.4. The number of ether oxygens (including phenoxy) is 3. The lowest BCUT2D eigenvalue weighted by Gasteiger charge is -2.27. The lowest BCUT2D eigenvalue weighted by Crippen LogP contribution is -2.10. The summed E-state index contributed by atoms with van der Waals surface area (Å²) in [7, 11) is 1.62. The summed E-state index contributed by atoms with van der Waals surface area (Å²) in [5.74, 6) is 2.40. The minimum absolute atomic E-state index is 0. The van der Waals surface area contributed by atoms with Crippen LogP contribution in [-0.4, -0.2) is 47.1 Å². The van der Waals surface area contributed by atoms with E-state index in [1.165, 1.54) is 17.5 Å². The number of nitriles is 3. The smallest absolute Gasteiger partial charge is 0.335 e. The second-order valence-corrected chi connectivity index (χ2v) is 27.5. The Morgan fingerprint density at radius 1 is 0.381 bits per heavy atom. The van der Waals surface area contributed by atoms with Crippen molar-refractivity contribution in [2.45, 2.75) is 27.4 Å². The van der Waals surface area contributed by atoms with Crippen molar-refractivity contribution in [1.82, 2.24) is 0 Å². The van der Waals surface area contributed by atoms with Gasteiger partial charge in [0.15, 0.2) is 12.0 Å². The lowest BCUT2D eigenvalue weighted by molar-refractivity contribution is 0.111. The number of rotatable bonds is 24. The first-order valence-electron chi connectivity index (χ1n) is 36.0. The number of carbonyl (C=O) groups is 2. The highest BCUT2D eigenvalue weighted by atomic mass is 31.2. The van der Waals surface area contributed by atoms with Crippen LogP contribution in [0.15, 0.2) is 297 Å². The fourth-order valence-electron chi connectivity index (χ4n) is 13.1. The SMILES string of the molecule is C.CCOP(=O)(Cc1cc(C#N)c(C=O)cc1C#N)OCC.COc1ccc(N(c2ccc(C=O)cc2)c2cccc3ccccc23)cc1.[C-]#[N+]c1cc(/C=C/c2ccc(N(c3ccc(OC)cc3)c3cccc4ccccc34)cc2)c(C#N)cc1/C=C/c1ccc(N(c2ccc(OC)cc2)c2cccc3ccccc23)cc1. The number of carbonyl (C=O) groups excluding carboxylic acids is 2. The molecule has 0 unspecified atom stereocenters. The van der Waals surface area contributed by atoms with Gasteiger partial charge in [-0.25, -0.2) is 4.85 Å². The van der Waals surface area contributed by atoms with E-state index in [1.54, 1.807) is 47.3 Å². The summed E-state index contributed by atoms with van der Waals surface area (Å²) >= 11 is 0. The topological polar surface area (TPSA) is 183 Å². The van der Waals surface area contributed by atoms with Gasteiger partial charge in [-0.3, -0.25) is 14.2 Å². The van der Waals surface area contributed by atoms with E-state index in [4.69, 9.17) is 40.4 Å². The van der Waals surface area contributed by atoms with Crippen molar-refractivity contribution in [3.05, 3.63) is 364 Å². The van der Waals surface area contributed by atoms with E-state index in [9.17, 15) is 19.4 Å². The zero-order valence-corrected chi connectivity index (χ0v) is 63.1. The van der Waals surface area contributed by atoms with Gasteiger partial charge in [0.05, 0.1) is 99.2 Å². The Hall–Kier alpha value is -14.4. The number of aldehydes is 2. The molecule has 0 spiro atoms. The van der Waals surface area contributed by atoms with E-state index in [-0.39, 0.29) is 43.5 Å². The van der Waals surface area contributed by atoms with Gasteiger partial charge in [0, 0.05) is 61.4 Å². The van der Waals surface area contributed by atoms with Gasteiger partial charge in [-0.05, 0) is 222 Å². The maximum absolute atomic E-state index is 12.5. The normalized spacial score (nSPS) is 10.8. The van der Waals surface area contributed by atoms with Crippen LogP contribution >= 0.6 is 7.60 Å². The predicted molar refractivity (Wildman–Crippen MR) is 459 cm³/mol. The first-order valence-corrected chi connectivity index (χ1v) is 37.7. The van der Waals surface area contributed by atoms with Gasteiger partial charge in [-0.1, -0.05) is 165 Å². The molecule has 0 heterocycles. The fourth-order valence-corrected chi connectivity index (χ4v) is 14.9. The van der Waals surface area contributed by atoms with Crippen LogP contribution in [0, 0.1) is 40.6 Å². The molecule has 0 saturated carbocycles. The van der Waals surface area contributed by atoms with Crippen LogP contribution in [0.1, 0.15) is 86.5 Å². The highest BCUT2D eigenvalue weighted by Gasteiger charge is 2.27. The van der Waals surface area contributed by atoms with Gasteiger partial charge in [-0.2, -0.15) is 15.8 Å². The molecule has 14 rings (SSSR count). The first-order chi connectivity index (χ1) is 54.9. The highest BCUT2D eigenvalue weighted by molar-refractivity contribution is 7.53. The summed E-state index contributed by atoms with van der Waals surface area (Å²) in [6.07, 6.45) is 9.03. The minimum atomic E-state index is -3.38. The summed E-state index contributed by atoms with van der Waals surface area (Å²) in [6.45, 7) is 11.8. The predicted octanol–water partition coefficient (Wildman–Crippen LogP) is 25.5. The molecule has 0 aliphatic rings. The van der Waals surface area contributed by atoms with Crippen molar-refractivity contribution in [1.29, 1.82) is 15.8 Å². The number of methoxy groups -OCH3 is 3. The Kier molecular flexibility index (Phi) is 26.8. The minimum Gasteiger partial charge on any atom is -0.497 e. The molecule has 14 aromatic carbocycles. The molecule has 0 bridgehead atoms. The number of anilines is 9. The average Bonchev–Trinajstić information content (AvgIpc) is 0.746. The number of fused-ring (bicyclic) bond motifs is 3. The Morgan fingerprint density at radius 3 is 1.04 bits per heavy atom. The second kappa shape index (κ2) is 38.1. The van der Waals surface area contributed by atoms with Gasteiger partial charge < -0.3 is 38.0 Å². The van der Waals surface area contributed by atoms with E-state index >= 15 is 0 Å². The first kappa shape index (κ1) is 79.6. The van der Waals surface area contributed by atoms with E-state index in [2.05, 4.69) is 214 Å². The van der Waals surface area contributed by atoms with Crippen LogP contribution in [-0.2, 0) is 19.8 Å². The molecule has 0 amide bonds. The number of hydrogen-bond donors (Lipinski definition) is 0. The molecule has 0 N–H and O–H groups in total. The maximum atomic E-state index is 12.5. The Labute approximate surface area is 659 Å². The molecule has 0 saturated heterocycles. The van der Waals surface area contributed by atoms with Crippen molar-refractivity contribution in [3.63, 3.8) is 0 Å². The molecule has 0 aromatic heterocycles. The van der Waals surface area contributed by atoms with Crippen molar-refractivity contribution in [2.75, 3.05) is 49.2 Å². The van der Waals surface area contributed by atoms with Gasteiger partial charge in [0.1, 0.15) is 23.5 Å². The Bertz CT molecular complexity index is 5740. The fraction of sp³-hybridized carbons (Fsp3) is 0.0928. The van der Waals surface area contributed by atoms with E-state index in [0.29, 0.717) is 39.8 Å². The maximum Gasteiger partial charge on any atom is 0.335 e. The highest BCUT2D eigenvalue weighted by Crippen LogP contribution is 2.52. The second-order valence-electron chi connectivity index (χ2n) is 25.4. The summed E-state index contributed by atoms with van der Waals surface area (Å²) in [4.78, 5) is 32.5. The molecule has 15 nitrogen and oxygen atoms in total. The van der Waals surface area contributed by atoms with Crippen molar-refractivity contribution in [2.24, 2.45) is 0 Å². The van der Waals surface area contributed by atoms with Crippen LogP contribution in [0.3, 0.4) is 0 Å². The van der Waals surface area contributed by atoms with Gasteiger partial charge in [0.2, 0.25) is 0 Å². The zero-order valence-electron chi connectivity index (χ0n) is 62.2. The third-order valence-electron chi connectivity index (χ3n) is 18.6.